The van der Waals surface area contributed by atoms with Crippen molar-refractivity contribution in [2.45, 2.75) is 25.9 Å². The van der Waals surface area contributed by atoms with Crippen LogP contribution in [-0.2, 0) is 6.18 Å². The normalized spacial score (nSPS) is 11.3. The van der Waals surface area contributed by atoms with Crippen molar-refractivity contribution in [3.8, 4) is 0 Å². The molecule has 26 heavy (non-hydrogen) atoms. The fourth-order valence-corrected chi connectivity index (χ4v) is 2.30. The summed E-state index contributed by atoms with van der Waals surface area (Å²) in [6.45, 7) is 2.63. The van der Waals surface area contributed by atoms with Gasteiger partial charge in [0.2, 0.25) is 0 Å². The molecule has 5 nitrogen and oxygen atoms in total. The fourth-order valence-electron chi connectivity index (χ4n) is 2.13. The number of anilines is 2. The molecule has 1 N–H and O–H groups in total. The first kappa shape index (κ1) is 20.0. The Kier molecular flexibility index (Phi) is 6.42. The summed E-state index contributed by atoms with van der Waals surface area (Å²) >= 11 is 5.93. The maximum Gasteiger partial charge on any atom is 0.416 e. The minimum absolute atomic E-state index is 0.0509. The Bertz CT molecular complexity index is 766. The molecule has 0 bridgehead atoms. The Hall–Kier alpha value is -2.35. The zero-order chi connectivity index (χ0) is 19.3. The molecular formula is C17H18ClF3N4O. The quantitative estimate of drug-likeness (QED) is 0.777. The predicted molar refractivity (Wildman–Crippen MR) is 93.6 cm³/mol. The van der Waals surface area contributed by atoms with E-state index in [1.54, 1.807) is 11.9 Å². The number of hydrogen-bond donors (Lipinski definition) is 1. The van der Waals surface area contributed by atoms with Crippen molar-refractivity contribution in [1.82, 2.24) is 14.9 Å². The smallest absolute Gasteiger partial charge is 0.340 e. The lowest BCUT2D eigenvalue weighted by Gasteiger charge is -2.16. The van der Waals surface area contributed by atoms with E-state index in [1.807, 2.05) is 6.92 Å². The highest BCUT2D eigenvalue weighted by atomic mass is 35.5. The molecule has 1 heterocycles. The molecule has 0 fully saturated rings. The van der Waals surface area contributed by atoms with Gasteiger partial charge in [-0.05, 0) is 24.6 Å². The number of nitrogens with zero attached hydrogens (tertiary/aromatic N) is 3. The van der Waals surface area contributed by atoms with Crippen LogP contribution in [0.25, 0.3) is 0 Å². The van der Waals surface area contributed by atoms with Crippen LogP contribution in [0.1, 0.15) is 35.8 Å². The molecule has 1 aromatic carbocycles. The second kappa shape index (κ2) is 8.35. The van der Waals surface area contributed by atoms with Crippen LogP contribution < -0.4 is 5.32 Å². The number of nitrogens with one attached hydrogen (secondary N) is 1. The first-order valence-corrected chi connectivity index (χ1v) is 8.31. The van der Waals surface area contributed by atoms with E-state index >= 15 is 0 Å². The van der Waals surface area contributed by atoms with Gasteiger partial charge in [0.1, 0.15) is 11.5 Å². The first-order valence-electron chi connectivity index (χ1n) is 7.93. The summed E-state index contributed by atoms with van der Waals surface area (Å²) in [4.78, 5) is 21.8. The van der Waals surface area contributed by atoms with Crippen LogP contribution in [0.4, 0.5) is 24.7 Å². The minimum atomic E-state index is -4.48. The van der Waals surface area contributed by atoms with Crippen LogP contribution in [0.3, 0.4) is 0 Å². The summed E-state index contributed by atoms with van der Waals surface area (Å²) < 4.78 is 38.4. The summed E-state index contributed by atoms with van der Waals surface area (Å²) in [5, 5.41) is 2.79. The minimum Gasteiger partial charge on any atom is -0.340 e. The van der Waals surface area contributed by atoms with Gasteiger partial charge in [-0.3, -0.25) is 4.79 Å². The molecule has 0 aliphatic heterocycles. The summed E-state index contributed by atoms with van der Waals surface area (Å²) in [6, 6.07) is 2.94. The molecule has 2 rings (SSSR count). The van der Waals surface area contributed by atoms with Crippen molar-refractivity contribution in [2.24, 2.45) is 0 Å². The number of carbonyl (C=O) groups excluding carboxylic acids is 1. The van der Waals surface area contributed by atoms with Gasteiger partial charge in [-0.1, -0.05) is 24.9 Å². The van der Waals surface area contributed by atoms with Crippen molar-refractivity contribution in [3.63, 3.8) is 0 Å². The predicted octanol–water partition coefficient (Wildman–Crippen LogP) is 4.76. The molecule has 0 saturated heterocycles. The van der Waals surface area contributed by atoms with Gasteiger partial charge < -0.3 is 10.2 Å². The van der Waals surface area contributed by atoms with E-state index in [9.17, 15) is 18.0 Å². The SMILES string of the molecule is CCCCN(C)C(=O)c1cnc(Nc2cc(C(F)(F)F)ccc2Cl)cn1. The number of halogens is 4. The summed E-state index contributed by atoms with van der Waals surface area (Å²) in [6.07, 6.45) is -0.0918. The molecule has 0 aliphatic rings. The van der Waals surface area contributed by atoms with Gasteiger partial charge in [-0.2, -0.15) is 13.2 Å². The van der Waals surface area contributed by atoms with Gasteiger partial charge in [0.25, 0.3) is 5.91 Å². The van der Waals surface area contributed by atoms with Gasteiger partial charge in [0.15, 0.2) is 0 Å². The number of unbranched alkanes of at least 4 members (excludes halogenated alkanes) is 1. The van der Waals surface area contributed by atoms with Crippen molar-refractivity contribution >= 4 is 29.0 Å². The van der Waals surface area contributed by atoms with Gasteiger partial charge in [0, 0.05) is 13.6 Å². The Balaban J connectivity index is 2.13. The van der Waals surface area contributed by atoms with E-state index in [1.165, 1.54) is 12.4 Å². The molecule has 9 heteroatoms. The molecule has 0 aliphatic carbocycles. The van der Waals surface area contributed by atoms with E-state index in [0.717, 1.165) is 31.0 Å². The molecule has 140 valence electrons. The molecule has 0 unspecified atom stereocenters. The summed E-state index contributed by atoms with van der Waals surface area (Å²) in [5.74, 6) is -0.0893. The topological polar surface area (TPSA) is 58.1 Å². The van der Waals surface area contributed by atoms with Crippen LogP contribution in [0.15, 0.2) is 30.6 Å². The average molecular weight is 387 g/mol. The molecule has 0 atom stereocenters. The molecule has 1 amide bonds. The number of benzene rings is 1. The van der Waals surface area contributed by atoms with Gasteiger partial charge >= 0.3 is 6.18 Å². The lowest BCUT2D eigenvalue weighted by Crippen LogP contribution is -2.28. The average Bonchev–Trinajstić information content (AvgIpc) is 2.60. The second-order valence-electron chi connectivity index (χ2n) is 5.68. The molecule has 1 aromatic heterocycles. The number of aromatic nitrogens is 2. The van der Waals surface area contributed by atoms with Gasteiger partial charge in [-0.25, -0.2) is 9.97 Å². The van der Waals surface area contributed by atoms with Crippen LogP contribution in [0.2, 0.25) is 5.02 Å². The number of rotatable bonds is 6. The third kappa shape index (κ3) is 5.08. The van der Waals surface area contributed by atoms with Crippen molar-refractivity contribution in [3.05, 3.63) is 46.9 Å². The molecule has 0 saturated carbocycles. The lowest BCUT2D eigenvalue weighted by atomic mass is 10.2. The van der Waals surface area contributed by atoms with E-state index in [2.05, 4.69) is 15.3 Å². The highest BCUT2D eigenvalue weighted by Crippen LogP contribution is 2.34. The molecule has 2 aromatic rings. The Morgan fingerprint density at radius 1 is 1.27 bits per heavy atom. The maximum absolute atomic E-state index is 12.8. The van der Waals surface area contributed by atoms with Crippen LogP contribution in [0.5, 0.6) is 0 Å². The van der Waals surface area contributed by atoms with Crippen LogP contribution >= 0.6 is 11.6 Å². The number of amides is 1. The summed E-state index contributed by atoms with van der Waals surface area (Å²) in [5.41, 5.74) is -0.624. The van der Waals surface area contributed by atoms with Gasteiger partial charge in [0.05, 0.1) is 28.7 Å². The molecule has 0 radical (unpaired) electrons. The monoisotopic (exact) mass is 386 g/mol. The third-order valence-electron chi connectivity index (χ3n) is 3.62. The Labute approximate surface area is 154 Å². The first-order chi connectivity index (χ1) is 12.2. The fraction of sp³-hybridized carbons (Fsp3) is 0.353. The zero-order valence-electron chi connectivity index (χ0n) is 14.3. The van der Waals surface area contributed by atoms with Crippen molar-refractivity contribution < 1.29 is 18.0 Å². The zero-order valence-corrected chi connectivity index (χ0v) is 15.0. The number of carbonyl (C=O) groups is 1. The highest BCUT2D eigenvalue weighted by Gasteiger charge is 2.31. The van der Waals surface area contributed by atoms with Crippen molar-refractivity contribution in [2.75, 3.05) is 18.9 Å². The van der Waals surface area contributed by atoms with E-state index in [-0.39, 0.29) is 28.1 Å². The Morgan fingerprint density at radius 2 is 2.00 bits per heavy atom. The number of alkyl halides is 3. The Morgan fingerprint density at radius 3 is 2.58 bits per heavy atom. The highest BCUT2D eigenvalue weighted by molar-refractivity contribution is 6.33. The number of hydrogen-bond acceptors (Lipinski definition) is 4. The summed E-state index contributed by atoms with van der Waals surface area (Å²) in [7, 11) is 1.67. The second-order valence-corrected chi connectivity index (χ2v) is 6.09. The van der Waals surface area contributed by atoms with E-state index in [0.29, 0.717) is 6.54 Å². The maximum atomic E-state index is 12.8. The standard InChI is InChI=1S/C17H18ClF3N4O/c1-3-4-7-25(2)16(26)14-9-23-15(10-22-14)24-13-8-11(17(19,20)21)5-6-12(13)18/h5-6,8-10H,3-4,7H2,1-2H3,(H,23,24). The van der Waals surface area contributed by atoms with E-state index < -0.39 is 11.7 Å². The largest absolute Gasteiger partial charge is 0.416 e. The van der Waals surface area contributed by atoms with Crippen molar-refractivity contribution in [1.29, 1.82) is 0 Å². The third-order valence-corrected chi connectivity index (χ3v) is 3.95. The van der Waals surface area contributed by atoms with Gasteiger partial charge in [-0.15, -0.1) is 0 Å². The van der Waals surface area contributed by atoms with Crippen LogP contribution in [-0.4, -0.2) is 34.4 Å². The molecule has 0 spiro atoms. The molecular weight excluding hydrogens is 369 g/mol. The lowest BCUT2D eigenvalue weighted by molar-refractivity contribution is -0.137. The van der Waals surface area contributed by atoms with Crippen LogP contribution in [0, 0.1) is 0 Å². The van der Waals surface area contributed by atoms with E-state index in [4.69, 9.17) is 11.6 Å².